The molecule has 0 aliphatic rings. The number of benzene rings is 1. The molecule has 20 heavy (non-hydrogen) atoms. The van der Waals surface area contributed by atoms with Gasteiger partial charge in [0.05, 0.1) is 19.3 Å². The second-order valence-electron chi connectivity index (χ2n) is 4.31. The van der Waals surface area contributed by atoms with Crippen molar-refractivity contribution in [2.45, 2.75) is 32.2 Å². The third kappa shape index (κ3) is 8.22. The number of aliphatic hydroxyl groups excluding tert-OH is 1. The van der Waals surface area contributed by atoms with E-state index in [4.69, 9.17) is 15.5 Å². The Balaban J connectivity index is 0.00000361. The van der Waals surface area contributed by atoms with Gasteiger partial charge in [0.2, 0.25) is 6.40 Å². The van der Waals surface area contributed by atoms with Gasteiger partial charge in [-0.05, 0) is 30.5 Å². The van der Waals surface area contributed by atoms with Crippen molar-refractivity contribution in [3.8, 4) is 0 Å². The molecule has 0 bridgehead atoms. The summed E-state index contributed by atoms with van der Waals surface area (Å²) in [6.07, 6.45) is 3.87. The fourth-order valence-corrected chi connectivity index (χ4v) is 1.48. The molecule has 1 radical (unpaired) electrons. The van der Waals surface area contributed by atoms with Crippen LogP contribution in [0.15, 0.2) is 29.3 Å². The molecule has 1 atom stereocenters. The maximum atomic E-state index is 9.25. The van der Waals surface area contributed by atoms with Crippen LogP contribution in [-0.4, -0.2) is 30.8 Å². The molecule has 111 valence electrons. The van der Waals surface area contributed by atoms with E-state index in [1.165, 1.54) is 6.40 Å². The van der Waals surface area contributed by atoms with Crippen molar-refractivity contribution in [2.24, 2.45) is 4.99 Å². The number of unbranched alkanes of at least 4 members (excludes halogenated alkanes) is 1. The molecule has 0 aliphatic carbocycles. The van der Waals surface area contributed by atoms with Gasteiger partial charge < -0.3 is 15.7 Å². The van der Waals surface area contributed by atoms with Crippen molar-refractivity contribution >= 4 is 12.1 Å². The molecule has 0 aromatic heterocycles. The molecule has 5 nitrogen and oxygen atoms in total. The number of nitrogens with zero attached hydrogens (tertiary/aromatic N) is 1. The number of aliphatic imine (C=N–C) groups is 1. The van der Waals surface area contributed by atoms with Gasteiger partial charge in [-0.1, -0.05) is 25.5 Å². The third-order valence-corrected chi connectivity index (χ3v) is 2.63. The van der Waals surface area contributed by atoms with Gasteiger partial charge in [-0.25, -0.2) is 4.99 Å². The molecule has 1 aromatic rings. The van der Waals surface area contributed by atoms with Crippen LogP contribution < -0.4 is 5.73 Å². The maximum absolute atomic E-state index is 9.25. The zero-order valence-corrected chi connectivity index (χ0v) is 13.1. The Morgan fingerprint density at radius 2 is 2.05 bits per heavy atom. The standard InChI is InChI=1S/C14H22N2O3.V/c1-2-3-8-18-19-11-16-14(10-17)9-12-4-6-13(15)7-5-12;/h4-7,11,14,17H,2-3,8-10,15H2,1H3;. The molecule has 0 spiro atoms. The number of hydrogen-bond acceptors (Lipinski definition) is 5. The number of hydrogen-bond donors (Lipinski definition) is 2. The van der Waals surface area contributed by atoms with E-state index in [2.05, 4.69) is 11.9 Å². The van der Waals surface area contributed by atoms with Gasteiger partial charge in [0.25, 0.3) is 0 Å². The first kappa shape index (κ1) is 19.0. The van der Waals surface area contributed by atoms with Crippen molar-refractivity contribution < 1.29 is 33.4 Å². The topological polar surface area (TPSA) is 77.1 Å². The Labute approximate surface area is 132 Å². The van der Waals surface area contributed by atoms with E-state index >= 15 is 0 Å². The zero-order chi connectivity index (χ0) is 13.9. The Hall–Kier alpha value is -1.01. The average molecular weight is 317 g/mol. The summed E-state index contributed by atoms with van der Waals surface area (Å²) in [4.78, 5) is 13.8. The minimum Gasteiger partial charge on any atom is -0.399 e. The van der Waals surface area contributed by atoms with Crippen molar-refractivity contribution in [1.82, 2.24) is 0 Å². The van der Waals surface area contributed by atoms with Gasteiger partial charge in [-0.2, -0.15) is 4.89 Å². The Bertz CT molecular complexity index is 371. The normalized spacial score (nSPS) is 12.1. The smallest absolute Gasteiger partial charge is 0.215 e. The molecule has 0 heterocycles. The van der Waals surface area contributed by atoms with E-state index in [0.29, 0.717) is 13.0 Å². The minimum atomic E-state index is -0.238. The zero-order valence-electron chi connectivity index (χ0n) is 11.7. The predicted octanol–water partition coefficient (Wildman–Crippen LogP) is 1.95. The van der Waals surface area contributed by atoms with Crippen LogP contribution in [0, 0.1) is 0 Å². The van der Waals surface area contributed by atoms with Crippen LogP contribution >= 0.6 is 0 Å². The van der Waals surface area contributed by atoms with Crippen LogP contribution in [0.25, 0.3) is 0 Å². The first-order chi connectivity index (χ1) is 9.26. The maximum Gasteiger partial charge on any atom is 0.215 e. The fraction of sp³-hybridized carbons (Fsp3) is 0.500. The summed E-state index contributed by atoms with van der Waals surface area (Å²) in [5, 5.41) is 9.25. The largest absolute Gasteiger partial charge is 0.399 e. The number of aliphatic hydroxyl groups is 1. The Morgan fingerprint density at radius 3 is 2.65 bits per heavy atom. The first-order valence-corrected chi connectivity index (χ1v) is 6.51. The second-order valence-corrected chi connectivity index (χ2v) is 4.31. The van der Waals surface area contributed by atoms with Crippen LogP contribution in [0.2, 0.25) is 0 Å². The first-order valence-electron chi connectivity index (χ1n) is 6.51. The molecule has 1 unspecified atom stereocenters. The monoisotopic (exact) mass is 317 g/mol. The molecule has 0 amide bonds. The molecule has 1 rings (SSSR count). The number of nitrogen functional groups attached to an aromatic ring is 1. The van der Waals surface area contributed by atoms with Gasteiger partial charge in [0.1, 0.15) is 0 Å². The predicted molar refractivity (Wildman–Crippen MR) is 75.9 cm³/mol. The molecule has 0 fully saturated rings. The Kier molecular flexibility index (Phi) is 11.2. The molecular weight excluding hydrogens is 295 g/mol. The van der Waals surface area contributed by atoms with Gasteiger partial charge in [-0.3, -0.25) is 0 Å². The van der Waals surface area contributed by atoms with Crippen molar-refractivity contribution in [1.29, 1.82) is 0 Å². The minimum absolute atomic E-state index is 0. The molecule has 0 aliphatic heterocycles. The fourth-order valence-electron chi connectivity index (χ4n) is 1.48. The average Bonchev–Trinajstić information content (AvgIpc) is 2.43. The SMILES string of the molecule is CCCCOOC=NC(CO)Cc1ccc(N)cc1.[V]. The van der Waals surface area contributed by atoms with Crippen molar-refractivity contribution in [3.63, 3.8) is 0 Å². The van der Waals surface area contributed by atoms with Crippen molar-refractivity contribution in [3.05, 3.63) is 29.8 Å². The van der Waals surface area contributed by atoms with E-state index in [9.17, 15) is 5.11 Å². The van der Waals surface area contributed by atoms with E-state index in [0.717, 1.165) is 24.1 Å². The number of rotatable bonds is 9. The van der Waals surface area contributed by atoms with Crippen LogP contribution in [0.3, 0.4) is 0 Å². The third-order valence-electron chi connectivity index (χ3n) is 2.63. The summed E-state index contributed by atoms with van der Waals surface area (Å²) in [6.45, 7) is 2.58. The summed E-state index contributed by atoms with van der Waals surface area (Å²) in [5.41, 5.74) is 7.40. The summed E-state index contributed by atoms with van der Waals surface area (Å²) in [5.74, 6) is 0. The number of nitrogens with two attached hydrogens (primary N) is 1. The van der Waals surface area contributed by atoms with Crippen LogP contribution in [-0.2, 0) is 34.8 Å². The van der Waals surface area contributed by atoms with E-state index in [-0.39, 0.29) is 31.2 Å². The summed E-state index contributed by atoms with van der Waals surface area (Å²) < 4.78 is 0. The van der Waals surface area contributed by atoms with Crippen LogP contribution in [0.4, 0.5) is 5.69 Å². The van der Waals surface area contributed by atoms with Crippen LogP contribution in [0.5, 0.6) is 0 Å². The molecule has 0 saturated carbocycles. The Morgan fingerprint density at radius 1 is 1.35 bits per heavy atom. The van der Waals surface area contributed by atoms with Gasteiger partial charge in [-0.15, -0.1) is 0 Å². The molecule has 1 aromatic carbocycles. The summed E-state index contributed by atoms with van der Waals surface area (Å²) >= 11 is 0. The second kappa shape index (κ2) is 11.8. The van der Waals surface area contributed by atoms with E-state index < -0.39 is 0 Å². The van der Waals surface area contributed by atoms with Gasteiger partial charge in [0, 0.05) is 24.2 Å². The van der Waals surface area contributed by atoms with Crippen molar-refractivity contribution in [2.75, 3.05) is 18.9 Å². The quantitative estimate of drug-likeness (QED) is 0.182. The molecule has 3 N–H and O–H groups in total. The van der Waals surface area contributed by atoms with E-state index in [1.54, 1.807) is 0 Å². The van der Waals surface area contributed by atoms with E-state index in [1.807, 2.05) is 24.3 Å². The summed E-state index contributed by atoms with van der Waals surface area (Å²) in [7, 11) is 0. The molecular formula is C14H22N2O3V. The molecule has 0 saturated heterocycles. The van der Waals surface area contributed by atoms with Crippen LogP contribution in [0.1, 0.15) is 25.3 Å². The summed E-state index contributed by atoms with van der Waals surface area (Å²) in [6, 6.07) is 7.27. The van der Waals surface area contributed by atoms with Gasteiger partial charge in [0.15, 0.2) is 0 Å². The number of anilines is 1. The molecule has 6 heteroatoms. The van der Waals surface area contributed by atoms with Gasteiger partial charge >= 0.3 is 0 Å².